The van der Waals surface area contributed by atoms with Crippen LogP contribution >= 0.6 is 0 Å². The molecule has 12 atom stereocenters. The Morgan fingerprint density at radius 2 is 0.867 bits per heavy atom. The van der Waals surface area contributed by atoms with Crippen LogP contribution in [0.2, 0.25) is 0 Å². The molecule has 18 heteroatoms. The smallest absolute Gasteiger partial charge is 0.229 e. The van der Waals surface area contributed by atoms with Gasteiger partial charge in [0.25, 0.3) is 0 Å². The molecule has 8 rings (SSSR count). The largest absolute Gasteiger partial charge is 0.507 e. The fraction of sp³-hybridized carbons (Fsp3) is 0.381. The summed E-state index contributed by atoms with van der Waals surface area (Å²) in [6.07, 6.45) is -17.0. The highest BCUT2D eigenvalue weighted by Crippen LogP contribution is 2.56. The molecule has 318 valence electrons. The van der Waals surface area contributed by atoms with E-state index in [4.69, 9.17) is 18.9 Å². The molecule has 2 heterocycles. The minimum absolute atomic E-state index is 0.159. The Kier molecular flexibility index (Phi) is 11.2. The van der Waals surface area contributed by atoms with Crippen LogP contribution in [-0.4, -0.2) is 147 Å². The average molecular weight is 835 g/mol. The summed E-state index contributed by atoms with van der Waals surface area (Å²) >= 11 is 0. The minimum atomic E-state index is -1.87. The normalized spacial score (nSPS) is 30.8. The Morgan fingerprint density at radius 1 is 0.483 bits per heavy atom. The minimum Gasteiger partial charge on any atom is -0.507 e. The zero-order valence-corrected chi connectivity index (χ0v) is 31.3. The van der Waals surface area contributed by atoms with E-state index in [9.17, 15) is 70.9 Å². The van der Waals surface area contributed by atoms with Gasteiger partial charge in [-0.2, -0.15) is 0 Å². The standard InChI is InChI=1S/C42H42O18/c43-11-15-7-19-27(17-3-1-5-23(31(17)35(51)29(19)21(47)9-15)57-41-39(55)37(53)33(49)25(13-45)59-41)28-18-4-2-6-24(58-42-40(56)38(54)34(50)26(14-46)60-42)32(18)36(52)30-20(28)8-16(12-44)10-22(30)48/h1-10,25-28,33-34,37-50,53-56H,11-14H2/t25-,26-,27-,28-,33-,34-,37+,38+,39-,40-,41-,42-/m1/s1. The molecule has 0 saturated carbocycles. The van der Waals surface area contributed by atoms with Crippen LogP contribution in [0.25, 0.3) is 0 Å². The fourth-order valence-corrected chi connectivity index (χ4v) is 8.77. The molecule has 2 fully saturated rings. The number of aliphatic hydroxyl groups excluding tert-OH is 10. The Bertz CT molecular complexity index is 2170. The summed E-state index contributed by atoms with van der Waals surface area (Å²) in [6.45, 7) is -2.68. The molecule has 4 aromatic carbocycles. The predicted octanol–water partition coefficient (Wildman–Crippen LogP) is -1.51. The van der Waals surface area contributed by atoms with E-state index in [0.717, 1.165) is 0 Å². The van der Waals surface area contributed by atoms with E-state index < -0.39 is 123 Å². The first-order valence-corrected chi connectivity index (χ1v) is 19.0. The molecule has 18 nitrogen and oxygen atoms in total. The van der Waals surface area contributed by atoms with Crippen LogP contribution < -0.4 is 9.47 Å². The monoisotopic (exact) mass is 834 g/mol. The lowest BCUT2D eigenvalue weighted by Gasteiger charge is -2.41. The number of fused-ring (bicyclic) bond motifs is 4. The first-order valence-electron chi connectivity index (χ1n) is 19.0. The number of ether oxygens (including phenoxy) is 4. The first kappa shape index (κ1) is 41.7. The molecular formula is C42H42O18. The summed E-state index contributed by atoms with van der Waals surface area (Å²) < 4.78 is 23.3. The van der Waals surface area contributed by atoms with Crippen LogP contribution in [0.3, 0.4) is 0 Å². The highest BCUT2D eigenvalue weighted by atomic mass is 16.7. The number of hydrogen-bond acceptors (Lipinski definition) is 18. The maximum absolute atomic E-state index is 14.7. The van der Waals surface area contributed by atoms with Gasteiger partial charge in [-0.05, 0) is 57.6 Å². The van der Waals surface area contributed by atoms with Crippen molar-refractivity contribution in [3.63, 3.8) is 0 Å². The zero-order valence-electron chi connectivity index (χ0n) is 31.3. The Morgan fingerprint density at radius 3 is 1.22 bits per heavy atom. The number of hydrogen-bond donors (Lipinski definition) is 12. The molecule has 0 spiro atoms. The number of aliphatic hydroxyl groups is 10. The van der Waals surface area contributed by atoms with Crippen molar-refractivity contribution in [2.24, 2.45) is 0 Å². The highest BCUT2D eigenvalue weighted by Gasteiger charge is 2.49. The first-order chi connectivity index (χ1) is 28.7. The number of ketones is 2. The van der Waals surface area contributed by atoms with Gasteiger partial charge in [-0.15, -0.1) is 0 Å². The summed E-state index contributed by atoms with van der Waals surface area (Å²) in [7, 11) is 0. The van der Waals surface area contributed by atoms with Gasteiger partial charge >= 0.3 is 0 Å². The highest BCUT2D eigenvalue weighted by molar-refractivity contribution is 6.18. The van der Waals surface area contributed by atoms with Crippen LogP contribution in [0, 0.1) is 0 Å². The van der Waals surface area contributed by atoms with Crippen molar-refractivity contribution >= 4 is 11.6 Å². The Balaban J connectivity index is 1.35. The predicted molar refractivity (Wildman–Crippen MR) is 200 cm³/mol. The molecule has 2 saturated heterocycles. The number of phenols is 2. The molecule has 2 aliphatic carbocycles. The van der Waals surface area contributed by atoms with E-state index in [-0.39, 0.29) is 67.1 Å². The van der Waals surface area contributed by atoms with Gasteiger partial charge in [0.2, 0.25) is 24.1 Å². The number of rotatable bonds is 9. The summed E-state index contributed by atoms with van der Waals surface area (Å²) in [5, 5.41) is 127. The van der Waals surface area contributed by atoms with Crippen LogP contribution in [-0.2, 0) is 22.7 Å². The van der Waals surface area contributed by atoms with Crippen molar-refractivity contribution in [3.05, 3.63) is 116 Å². The van der Waals surface area contributed by atoms with Gasteiger partial charge in [-0.3, -0.25) is 9.59 Å². The molecular weight excluding hydrogens is 792 g/mol. The molecule has 0 aromatic heterocycles. The quantitative estimate of drug-likeness (QED) is 0.0912. The molecule has 12 N–H and O–H groups in total. The maximum Gasteiger partial charge on any atom is 0.229 e. The van der Waals surface area contributed by atoms with Gasteiger partial charge < -0.3 is 80.2 Å². The molecule has 60 heavy (non-hydrogen) atoms. The molecule has 2 aliphatic heterocycles. The molecule has 0 amide bonds. The second-order valence-corrected chi connectivity index (χ2v) is 15.2. The van der Waals surface area contributed by atoms with Crippen molar-refractivity contribution < 1.29 is 89.8 Å². The average Bonchev–Trinajstić information content (AvgIpc) is 3.24. The van der Waals surface area contributed by atoms with E-state index >= 15 is 0 Å². The molecule has 4 aromatic rings. The summed E-state index contributed by atoms with van der Waals surface area (Å²) in [5.74, 6) is -5.33. The second kappa shape index (κ2) is 16.1. The van der Waals surface area contributed by atoms with Crippen molar-refractivity contribution in [2.75, 3.05) is 13.2 Å². The lowest BCUT2D eigenvalue weighted by Crippen LogP contribution is -2.60. The number of carbonyl (C=O) groups excluding carboxylic acids is 2. The molecule has 0 unspecified atom stereocenters. The lowest BCUT2D eigenvalue weighted by atomic mass is 9.63. The van der Waals surface area contributed by atoms with E-state index in [1.807, 2.05) is 0 Å². The summed E-state index contributed by atoms with van der Waals surface area (Å²) in [5.41, 5.74) is 0.283. The van der Waals surface area contributed by atoms with E-state index in [1.165, 1.54) is 48.5 Å². The molecule has 0 bridgehead atoms. The van der Waals surface area contributed by atoms with Crippen LogP contribution in [0.4, 0.5) is 0 Å². The summed E-state index contributed by atoms with van der Waals surface area (Å²) in [4.78, 5) is 29.3. The van der Waals surface area contributed by atoms with Gasteiger partial charge in [0, 0.05) is 11.8 Å². The van der Waals surface area contributed by atoms with Gasteiger partial charge in [0.15, 0.2) is 0 Å². The zero-order chi connectivity index (χ0) is 42.9. The molecule has 0 radical (unpaired) electrons. The summed E-state index contributed by atoms with van der Waals surface area (Å²) in [6, 6.07) is 14.2. The van der Waals surface area contributed by atoms with Gasteiger partial charge in [-0.1, -0.05) is 36.4 Å². The topological polar surface area (TPSA) is 314 Å². The number of benzene rings is 4. The number of aromatic hydroxyl groups is 2. The third kappa shape index (κ3) is 6.61. The SMILES string of the molecule is O=C1c2c(O)cc(CO)cc2[C@H]([C@H]2c3cc(CO)cc(O)c3C(=O)c3c(O[C@@H]4O[C@H](CO)[C@@H](O)[C@H](O)[C@H]4O)cccc32)c2cccc(O[C@@H]3O[C@H](CO)[C@@H](O)[C@H](O)[C@H]3O)c21. The van der Waals surface area contributed by atoms with E-state index in [0.29, 0.717) is 0 Å². The van der Waals surface area contributed by atoms with Gasteiger partial charge in [0.1, 0.15) is 71.8 Å². The van der Waals surface area contributed by atoms with E-state index in [2.05, 4.69) is 0 Å². The van der Waals surface area contributed by atoms with Crippen molar-refractivity contribution in [2.45, 2.75) is 86.5 Å². The number of carbonyl (C=O) groups is 2. The lowest BCUT2D eigenvalue weighted by molar-refractivity contribution is -0.277. The third-order valence-corrected chi connectivity index (χ3v) is 11.7. The second-order valence-electron chi connectivity index (χ2n) is 15.2. The molecule has 4 aliphatic rings. The van der Waals surface area contributed by atoms with E-state index in [1.54, 1.807) is 12.1 Å². The Labute approximate surface area is 339 Å². The third-order valence-electron chi connectivity index (χ3n) is 11.7. The number of phenolic OH excluding ortho intramolecular Hbond substituents is 2. The fourth-order valence-electron chi connectivity index (χ4n) is 8.77. The maximum atomic E-state index is 14.7. The Hall–Kier alpha value is -5.06. The van der Waals surface area contributed by atoms with Crippen LogP contribution in [0.15, 0.2) is 60.7 Å². The van der Waals surface area contributed by atoms with Crippen molar-refractivity contribution in [3.8, 4) is 23.0 Å². The van der Waals surface area contributed by atoms with Gasteiger partial charge in [0.05, 0.1) is 48.7 Å². The van der Waals surface area contributed by atoms with Crippen molar-refractivity contribution in [1.29, 1.82) is 0 Å². The van der Waals surface area contributed by atoms with Crippen LogP contribution in [0.5, 0.6) is 23.0 Å². The van der Waals surface area contributed by atoms with Crippen LogP contribution in [0.1, 0.15) is 77.1 Å². The van der Waals surface area contributed by atoms with Gasteiger partial charge in [-0.25, -0.2) is 0 Å². The van der Waals surface area contributed by atoms with Crippen molar-refractivity contribution in [1.82, 2.24) is 0 Å².